The first kappa shape index (κ1) is 13.5. The van der Waals surface area contributed by atoms with Gasteiger partial charge in [0, 0.05) is 31.5 Å². The molecule has 0 spiro atoms. The van der Waals surface area contributed by atoms with E-state index >= 15 is 0 Å². The van der Waals surface area contributed by atoms with Crippen LogP contribution >= 0.6 is 0 Å². The van der Waals surface area contributed by atoms with Crippen molar-refractivity contribution >= 4 is 11.8 Å². The van der Waals surface area contributed by atoms with E-state index in [9.17, 15) is 9.59 Å². The van der Waals surface area contributed by atoms with E-state index in [1.165, 1.54) is 18.6 Å². The van der Waals surface area contributed by atoms with Crippen LogP contribution in [0.5, 0.6) is 0 Å². The molecule has 19 heavy (non-hydrogen) atoms. The molecule has 2 amide bonds. The van der Waals surface area contributed by atoms with Crippen molar-refractivity contribution in [3.8, 4) is 0 Å². The molecule has 2 heterocycles. The minimum atomic E-state index is -0.166. The third-order valence-corrected chi connectivity index (χ3v) is 3.32. The highest BCUT2D eigenvalue weighted by molar-refractivity contribution is 5.94. The van der Waals surface area contributed by atoms with Crippen molar-refractivity contribution in [2.75, 3.05) is 13.1 Å². The smallest absolute Gasteiger partial charge is 0.274 e. The highest BCUT2D eigenvalue weighted by Crippen LogP contribution is 2.18. The summed E-state index contributed by atoms with van der Waals surface area (Å²) in [5, 5.41) is 2.93. The fourth-order valence-corrected chi connectivity index (χ4v) is 1.84. The Kier molecular flexibility index (Phi) is 4.09. The van der Waals surface area contributed by atoms with Gasteiger partial charge in [-0.05, 0) is 13.3 Å². The molecule has 1 aromatic heterocycles. The fraction of sp³-hybridized carbons (Fsp3) is 0.538. The molecular weight excluding hydrogens is 244 g/mol. The molecule has 2 rings (SSSR count). The van der Waals surface area contributed by atoms with E-state index in [-0.39, 0.29) is 23.8 Å². The van der Waals surface area contributed by atoms with Crippen molar-refractivity contribution in [3.05, 3.63) is 24.3 Å². The van der Waals surface area contributed by atoms with Crippen LogP contribution in [0.1, 0.15) is 30.8 Å². The Morgan fingerprint density at radius 1 is 1.47 bits per heavy atom. The number of aromatic nitrogens is 2. The summed E-state index contributed by atoms with van der Waals surface area (Å²) < 4.78 is 0. The van der Waals surface area contributed by atoms with Gasteiger partial charge in [0.05, 0.1) is 12.1 Å². The highest BCUT2D eigenvalue weighted by Gasteiger charge is 2.36. The van der Waals surface area contributed by atoms with Gasteiger partial charge < -0.3 is 10.2 Å². The minimum Gasteiger partial charge on any atom is -0.353 e. The normalized spacial score (nSPS) is 16.6. The second-order valence-corrected chi connectivity index (χ2v) is 4.82. The lowest BCUT2D eigenvalue weighted by molar-refractivity contribution is -0.129. The van der Waals surface area contributed by atoms with Crippen LogP contribution in [0.3, 0.4) is 0 Å². The van der Waals surface area contributed by atoms with Crippen molar-refractivity contribution in [3.63, 3.8) is 0 Å². The molecule has 0 bridgehead atoms. The predicted octanol–water partition coefficient (Wildman–Crippen LogP) is 0.463. The number of carbonyl (C=O) groups is 2. The van der Waals surface area contributed by atoms with Gasteiger partial charge in [0.2, 0.25) is 5.91 Å². The maximum atomic E-state index is 12.0. The third kappa shape index (κ3) is 3.07. The summed E-state index contributed by atoms with van der Waals surface area (Å²) in [6, 6.07) is 0.178. The molecule has 102 valence electrons. The number of rotatable bonds is 4. The number of hydrogen-bond donors (Lipinski definition) is 1. The molecule has 1 fully saturated rings. The molecule has 1 aliphatic rings. The van der Waals surface area contributed by atoms with Gasteiger partial charge >= 0.3 is 0 Å². The maximum absolute atomic E-state index is 12.0. The van der Waals surface area contributed by atoms with E-state index in [0.717, 1.165) is 6.42 Å². The van der Waals surface area contributed by atoms with Crippen LogP contribution in [0.25, 0.3) is 0 Å². The Morgan fingerprint density at radius 2 is 2.21 bits per heavy atom. The summed E-state index contributed by atoms with van der Waals surface area (Å²) in [7, 11) is 0. The molecule has 0 radical (unpaired) electrons. The lowest BCUT2D eigenvalue weighted by atomic mass is 9.98. The molecule has 0 aliphatic carbocycles. The van der Waals surface area contributed by atoms with Crippen LogP contribution in [0.4, 0.5) is 0 Å². The number of likely N-dealkylation sites (tertiary alicyclic amines) is 1. The fourth-order valence-electron chi connectivity index (χ4n) is 1.84. The topological polar surface area (TPSA) is 75.2 Å². The Balaban J connectivity index is 1.83. The summed E-state index contributed by atoms with van der Waals surface area (Å²) in [6.07, 6.45) is 5.35. The minimum absolute atomic E-state index is 0.0255. The first-order valence-electron chi connectivity index (χ1n) is 6.47. The van der Waals surface area contributed by atoms with Gasteiger partial charge in [0.15, 0.2) is 0 Å². The van der Waals surface area contributed by atoms with E-state index in [2.05, 4.69) is 15.3 Å². The Morgan fingerprint density at radius 3 is 2.79 bits per heavy atom. The first-order valence-corrected chi connectivity index (χ1v) is 6.47. The molecular formula is C13H18N4O2. The zero-order valence-corrected chi connectivity index (χ0v) is 11.2. The van der Waals surface area contributed by atoms with E-state index in [0.29, 0.717) is 18.8 Å². The van der Waals surface area contributed by atoms with Crippen LogP contribution < -0.4 is 5.32 Å². The Hall–Kier alpha value is -1.98. The van der Waals surface area contributed by atoms with Gasteiger partial charge in [-0.25, -0.2) is 4.98 Å². The average molecular weight is 262 g/mol. The van der Waals surface area contributed by atoms with Gasteiger partial charge in [-0.2, -0.15) is 0 Å². The summed E-state index contributed by atoms with van der Waals surface area (Å²) in [5.41, 5.74) is 0.322. The van der Waals surface area contributed by atoms with Gasteiger partial charge in [-0.3, -0.25) is 14.6 Å². The van der Waals surface area contributed by atoms with Crippen LogP contribution in [-0.2, 0) is 4.79 Å². The maximum Gasteiger partial charge on any atom is 0.274 e. The summed E-state index contributed by atoms with van der Waals surface area (Å²) in [6.45, 7) is 4.91. The monoisotopic (exact) mass is 262 g/mol. The van der Waals surface area contributed by atoms with Crippen LogP contribution in [0, 0.1) is 5.92 Å². The third-order valence-electron chi connectivity index (χ3n) is 3.32. The van der Waals surface area contributed by atoms with Crippen molar-refractivity contribution in [1.82, 2.24) is 20.2 Å². The molecule has 6 heteroatoms. The number of nitrogens with one attached hydrogen (secondary N) is 1. The molecule has 1 aliphatic heterocycles. The van der Waals surface area contributed by atoms with Crippen molar-refractivity contribution < 1.29 is 9.59 Å². The van der Waals surface area contributed by atoms with Crippen molar-refractivity contribution in [2.45, 2.75) is 26.3 Å². The van der Waals surface area contributed by atoms with Crippen molar-refractivity contribution in [1.29, 1.82) is 0 Å². The molecule has 6 nitrogen and oxygen atoms in total. The predicted molar refractivity (Wildman–Crippen MR) is 69.3 cm³/mol. The summed E-state index contributed by atoms with van der Waals surface area (Å²) >= 11 is 0. The lowest BCUT2D eigenvalue weighted by Crippen LogP contribution is -2.56. The van der Waals surface area contributed by atoms with Gasteiger partial charge in [-0.1, -0.05) is 6.92 Å². The number of nitrogens with zero attached hydrogens (tertiary/aromatic N) is 3. The van der Waals surface area contributed by atoms with Crippen LogP contribution in [-0.4, -0.2) is 45.8 Å². The molecule has 0 aromatic carbocycles. The van der Waals surface area contributed by atoms with Gasteiger partial charge in [-0.15, -0.1) is 0 Å². The largest absolute Gasteiger partial charge is 0.353 e. The summed E-state index contributed by atoms with van der Waals surface area (Å²) in [4.78, 5) is 33.2. The van der Waals surface area contributed by atoms with E-state index in [4.69, 9.17) is 0 Å². The average Bonchev–Trinajstić information content (AvgIpc) is 2.37. The number of hydrogen-bond acceptors (Lipinski definition) is 4. The molecule has 1 atom stereocenters. The standard InChI is InChI=1S/C13H18N4O2/c1-3-9(2)16-12(18)10-7-17(8-10)13(19)11-6-14-4-5-15-11/h4-6,9-10H,3,7-8H2,1-2H3,(H,16,18). The second-order valence-electron chi connectivity index (χ2n) is 4.82. The molecule has 1 unspecified atom stereocenters. The molecule has 1 saturated heterocycles. The summed E-state index contributed by atoms with van der Waals surface area (Å²) in [5.74, 6) is -0.243. The highest BCUT2D eigenvalue weighted by atomic mass is 16.2. The first-order chi connectivity index (χ1) is 9.11. The number of amides is 2. The Bertz CT molecular complexity index is 457. The molecule has 1 aromatic rings. The van der Waals surface area contributed by atoms with E-state index in [1.54, 1.807) is 4.90 Å². The van der Waals surface area contributed by atoms with Crippen molar-refractivity contribution in [2.24, 2.45) is 5.92 Å². The molecule has 1 N–H and O–H groups in total. The van der Waals surface area contributed by atoms with E-state index in [1.807, 2.05) is 13.8 Å². The Labute approximate surface area is 112 Å². The zero-order valence-electron chi connectivity index (χ0n) is 11.2. The van der Waals surface area contributed by atoms with E-state index < -0.39 is 0 Å². The van der Waals surface area contributed by atoms with Crippen LogP contribution in [0.2, 0.25) is 0 Å². The van der Waals surface area contributed by atoms with Crippen LogP contribution in [0.15, 0.2) is 18.6 Å². The quantitative estimate of drug-likeness (QED) is 0.855. The second kappa shape index (κ2) is 5.77. The van der Waals surface area contributed by atoms with Gasteiger partial charge in [0.25, 0.3) is 5.91 Å². The zero-order chi connectivity index (χ0) is 13.8. The van der Waals surface area contributed by atoms with Gasteiger partial charge in [0.1, 0.15) is 5.69 Å². The SMILES string of the molecule is CCC(C)NC(=O)C1CN(C(=O)c2cnccn2)C1. The molecule has 0 saturated carbocycles. The number of carbonyl (C=O) groups excluding carboxylic acids is 2. The lowest BCUT2D eigenvalue weighted by Gasteiger charge is -2.38.